The molecular formula is C12H23N3O. The molecule has 92 valence electrons. The Labute approximate surface area is 98.3 Å². The van der Waals surface area contributed by atoms with Gasteiger partial charge in [0.15, 0.2) is 0 Å². The van der Waals surface area contributed by atoms with Crippen LogP contribution in [0.4, 0.5) is 4.79 Å². The Morgan fingerprint density at radius 1 is 1.31 bits per heavy atom. The largest absolute Gasteiger partial charge is 0.322 e. The van der Waals surface area contributed by atoms with Crippen molar-refractivity contribution in [3.05, 3.63) is 12.3 Å². The minimum Gasteiger partial charge on any atom is -0.322 e. The van der Waals surface area contributed by atoms with E-state index >= 15 is 0 Å². The van der Waals surface area contributed by atoms with Crippen molar-refractivity contribution in [3.8, 4) is 0 Å². The number of urea groups is 1. The van der Waals surface area contributed by atoms with E-state index in [1.165, 1.54) is 0 Å². The molecule has 0 bridgehead atoms. The van der Waals surface area contributed by atoms with Gasteiger partial charge in [-0.25, -0.2) is 4.79 Å². The van der Waals surface area contributed by atoms with Crippen molar-refractivity contribution >= 4 is 6.03 Å². The van der Waals surface area contributed by atoms with Gasteiger partial charge in [0.2, 0.25) is 0 Å². The molecule has 1 N–H and O–H groups in total. The molecule has 4 nitrogen and oxygen atoms in total. The zero-order valence-corrected chi connectivity index (χ0v) is 10.6. The SMILES string of the molecule is CCN1CCN(C(=O)N/C=C/C(C)C)CC1. The Morgan fingerprint density at radius 3 is 2.44 bits per heavy atom. The third kappa shape index (κ3) is 4.23. The van der Waals surface area contributed by atoms with Crippen molar-refractivity contribution in [1.29, 1.82) is 0 Å². The number of hydrogen-bond acceptors (Lipinski definition) is 2. The molecule has 1 fully saturated rings. The van der Waals surface area contributed by atoms with Crippen LogP contribution in [0.25, 0.3) is 0 Å². The fourth-order valence-electron chi connectivity index (χ4n) is 1.67. The van der Waals surface area contributed by atoms with E-state index in [-0.39, 0.29) is 6.03 Å². The van der Waals surface area contributed by atoms with Gasteiger partial charge in [0.05, 0.1) is 0 Å². The number of carbonyl (C=O) groups is 1. The first-order valence-electron chi connectivity index (χ1n) is 6.08. The molecule has 1 aliphatic heterocycles. The van der Waals surface area contributed by atoms with Crippen molar-refractivity contribution in [2.45, 2.75) is 20.8 Å². The molecule has 0 radical (unpaired) electrons. The standard InChI is InChI=1S/C12H23N3O/c1-4-14-7-9-15(10-8-14)12(16)13-6-5-11(2)3/h5-6,11H,4,7-10H2,1-3H3,(H,13,16)/b6-5+. The summed E-state index contributed by atoms with van der Waals surface area (Å²) in [5.41, 5.74) is 0. The Bertz CT molecular complexity index is 243. The average molecular weight is 225 g/mol. The average Bonchev–Trinajstić information content (AvgIpc) is 2.28. The second-order valence-corrected chi connectivity index (χ2v) is 4.47. The molecule has 1 aliphatic rings. The highest BCUT2D eigenvalue weighted by Gasteiger charge is 2.18. The number of likely N-dealkylation sites (N-methyl/N-ethyl adjacent to an activating group) is 1. The number of amides is 2. The van der Waals surface area contributed by atoms with Crippen LogP contribution in [0, 0.1) is 5.92 Å². The fraction of sp³-hybridized carbons (Fsp3) is 0.750. The predicted molar refractivity (Wildman–Crippen MR) is 66.2 cm³/mol. The number of hydrogen-bond donors (Lipinski definition) is 1. The molecule has 2 amide bonds. The highest BCUT2D eigenvalue weighted by molar-refractivity contribution is 5.75. The molecule has 16 heavy (non-hydrogen) atoms. The Balaban J connectivity index is 2.28. The lowest BCUT2D eigenvalue weighted by Gasteiger charge is -2.33. The van der Waals surface area contributed by atoms with Crippen LogP contribution < -0.4 is 5.32 Å². The first-order chi connectivity index (χ1) is 7.63. The van der Waals surface area contributed by atoms with Gasteiger partial charge >= 0.3 is 6.03 Å². The normalized spacial score (nSPS) is 18.4. The van der Waals surface area contributed by atoms with Gasteiger partial charge in [-0.3, -0.25) is 0 Å². The van der Waals surface area contributed by atoms with Crippen molar-refractivity contribution in [3.63, 3.8) is 0 Å². The van der Waals surface area contributed by atoms with Crippen molar-refractivity contribution in [1.82, 2.24) is 15.1 Å². The van der Waals surface area contributed by atoms with Gasteiger partial charge in [-0.2, -0.15) is 0 Å². The van der Waals surface area contributed by atoms with Crippen LogP contribution in [0.3, 0.4) is 0 Å². The predicted octanol–water partition coefficient (Wildman–Crippen LogP) is 1.50. The van der Waals surface area contributed by atoms with Gasteiger partial charge in [-0.05, 0) is 12.5 Å². The van der Waals surface area contributed by atoms with Crippen molar-refractivity contribution in [2.24, 2.45) is 5.92 Å². The van der Waals surface area contributed by atoms with Crippen LogP contribution in [-0.2, 0) is 0 Å². The van der Waals surface area contributed by atoms with E-state index in [0.29, 0.717) is 5.92 Å². The molecule has 0 aromatic rings. The van der Waals surface area contributed by atoms with Crippen molar-refractivity contribution < 1.29 is 4.79 Å². The van der Waals surface area contributed by atoms with Crippen molar-refractivity contribution in [2.75, 3.05) is 32.7 Å². The second kappa shape index (κ2) is 6.53. The smallest absolute Gasteiger partial charge is 0.321 e. The number of carbonyl (C=O) groups excluding carboxylic acids is 1. The first kappa shape index (κ1) is 13.0. The number of piperazine rings is 1. The summed E-state index contributed by atoms with van der Waals surface area (Å²) < 4.78 is 0. The van der Waals surface area contributed by atoms with Gasteiger partial charge in [0, 0.05) is 32.4 Å². The summed E-state index contributed by atoms with van der Waals surface area (Å²) in [5.74, 6) is 0.470. The molecule has 0 aliphatic carbocycles. The molecule has 1 heterocycles. The van der Waals surface area contributed by atoms with Crippen LogP contribution >= 0.6 is 0 Å². The topological polar surface area (TPSA) is 35.6 Å². The summed E-state index contributed by atoms with van der Waals surface area (Å²) in [6.45, 7) is 11.0. The number of rotatable bonds is 3. The number of nitrogens with zero attached hydrogens (tertiary/aromatic N) is 2. The minimum absolute atomic E-state index is 0.0210. The Kier molecular flexibility index (Phi) is 5.32. The van der Waals surface area contributed by atoms with Crippen LogP contribution in [0.15, 0.2) is 12.3 Å². The van der Waals surface area contributed by atoms with E-state index < -0.39 is 0 Å². The van der Waals surface area contributed by atoms with E-state index in [1.807, 2.05) is 11.0 Å². The summed E-state index contributed by atoms with van der Waals surface area (Å²) in [6, 6.07) is 0.0210. The Hall–Kier alpha value is -1.03. The van der Waals surface area contributed by atoms with Gasteiger partial charge < -0.3 is 15.1 Å². The van der Waals surface area contributed by atoms with Gasteiger partial charge in [-0.1, -0.05) is 26.8 Å². The molecule has 0 unspecified atom stereocenters. The fourth-order valence-corrected chi connectivity index (χ4v) is 1.67. The molecule has 0 spiro atoms. The molecule has 0 aromatic carbocycles. The summed E-state index contributed by atoms with van der Waals surface area (Å²) in [5, 5.41) is 2.80. The van der Waals surface area contributed by atoms with Gasteiger partial charge in [0.25, 0.3) is 0 Å². The van der Waals surface area contributed by atoms with E-state index in [4.69, 9.17) is 0 Å². The first-order valence-corrected chi connectivity index (χ1v) is 6.08. The highest BCUT2D eigenvalue weighted by atomic mass is 16.2. The van der Waals surface area contributed by atoms with Crippen LogP contribution in [-0.4, -0.2) is 48.6 Å². The lowest BCUT2D eigenvalue weighted by molar-refractivity contribution is 0.145. The number of allylic oxidation sites excluding steroid dienone is 1. The number of nitrogens with one attached hydrogen (secondary N) is 1. The van der Waals surface area contributed by atoms with E-state index in [9.17, 15) is 4.79 Å². The molecular weight excluding hydrogens is 202 g/mol. The summed E-state index contributed by atoms with van der Waals surface area (Å²) >= 11 is 0. The van der Waals surface area contributed by atoms with Crippen LogP contribution in [0.2, 0.25) is 0 Å². The van der Waals surface area contributed by atoms with Gasteiger partial charge in [-0.15, -0.1) is 0 Å². The highest BCUT2D eigenvalue weighted by Crippen LogP contribution is 2.01. The monoisotopic (exact) mass is 225 g/mol. The second-order valence-electron chi connectivity index (χ2n) is 4.47. The van der Waals surface area contributed by atoms with Crippen LogP contribution in [0.1, 0.15) is 20.8 Å². The molecule has 1 rings (SSSR count). The lowest BCUT2D eigenvalue weighted by Crippen LogP contribution is -2.50. The van der Waals surface area contributed by atoms with Crippen LogP contribution in [0.5, 0.6) is 0 Å². The maximum Gasteiger partial charge on any atom is 0.321 e. The van der Waals surface area contributed by atoms with E-state index in [0.717, 1.165) is 32.7 Å². The molecule has 0 aromatic heterocycles. The zero-order chi connectivity index (χ0) is 12.0. The maximum atomic E-state index is 11.7. The van der Waals surface area contributed by atoms with E-state index in [1.54, 1.807) is 6.20 Å². The zero-order valence-electron chi connectivity index (χ0n) is 10.6. The molecule has 0 saturated carbocycles. The lowest BCUT2D eigenvalue weighted by atomic mass is 10.2. The minimum atomic E-state index is 0.0210. The molecule has 1 saturated heterocycles. The summed E-state index contributed by atoms with van der Waals surface area (Å²) in [6.07, 6.45) is 3.74. The summed E-state index contributed by atoms with van der Waals surface area (Å²) in [4.78, 5) is 15.9. The third-order valence-electron chi connectivity index (χ3n) is 2.79. The van der Waals surface area contributed by atoms with E-state index in [2.05, 4.69) is 31.0 Å². The Morgan fingerprint density at radius 2 is 1.94 bits per heavy atom. The molecule has 4 heteroatoms. The quantitative estimate of drug-likeness (QED) is 0.790. The van der Waals surface area contributed by atoms with Gasteiger partial charge in [0.1, 0.15) is 0 Å². The maximum absolute atomic E-state index is 11.7. The molecule has 0 atom stereocenters. The third-order valence-corrected chi connectivity index (χ3v) is 2.79. The summed E-state index contributed by atoms with van der Waals surface area (Å²) in [7, 11) is 0.